The molecule has 1 aromatic carbocycles. The maximum atomic E-state index is 13.2. The Morgan fingerprint density at radius 3 is 2.53 bits per heavy atom. The van der Waals surface area contributed by atoms with Crippen LogP contribution in [-0.4, -0.2) is 34.2 Å². The van der Waals surface area contributed by atoms with Crippen LogP contribution >= 0.6 is 0 Å². The van der Waals surface area contributed by atoms with E-state index in [1.807, 2.05) is 4.90 Å². The highest BCUT2D eigenvalue weighted by molar-refractivity contribution is 5.75. The Hall–Kier alpha value is -1.62. The number of rotatable bonds is 3. The number of nitrogens with zero attached hydrogens (tertiary/aromatic N) is 1. The first-order chi connectivity index (χ1) is 8.09. The first-order valence-electron chi connectivity index (χ1n) is 5.55. The zero-order valence-corrected chi connectivity index (χ0v) is 9.27. The third-order valence-electron chi connectivity index (χ3n) is 3.03. The molecule has 0 spiro atoms. The molecule has 4 nitrogen and oxygen atoms in total. The molecule has 0 aromatic heterocycles. The summed E-state index contributed by atoms with van der Waals surface area (Å²) in [4.78, 5) is 13.1. The largest absolute Gasteiger partial charge is 0.505 e. The van der Waals surface area contributed by atoms with Crippen LogP contribution in [0.1, 0.15) is 24.4 Å². The second-order valence-corrected chi connectivity index (χ2v) is 4.19. The number of hydrogen-bond acceptors (Lipinski definition) is 3. The van der Waals surface area contributed by atoms with Crippen LogP contribution in [0.4, 0.5) is 4.39 Å². The predicted octanol–water partition coefficient (Wildman–Crippen LogP) is 1.75. The average molecular weight is 239 g/mol. The van der Waals surface area contributed by atoms with Gasteiger partial charge in [-0.05, 0) is 43.6 Å². The molecular weight excluding hydrogens is 225 g/mol. The number of hydrogen-bond donors (Lipinski definition) is 2. The van der Waals surface area contributed by atoms with E-state index in [2.05, 4.69) is 0 Å². The molecule has 1 atom stereocenters. The van der Waals surface area contributed by atoms with Crippen LogP contribution in [0.2, 0.25) is 0 Å². The Morgan fingerprint density at radius 2 is 2.00 bits per heavy atom. The quantitative estimate of drug-likeness (QED) is 0.843. The Balaban J connectivity index is 2.31. The molecule has 0 saturated carbocycles. The predicted molar refractivity (Wildman–Crippen MR) is 59.2 cm³/mol. The van der Waals surface area contributed by atoms with Crippen LogP contribution < -0.4 is 0 Å². The molecule has 0 amide bonds. The fourth-order valence-electron chi connectivity index (χ4n) is 2.20. The molecule has 0 bridgehead atoms. The van der Waals surface area contributed by atoms with Gasteiger partial charge < -0.3 is 10.2 Å². The second-order valence-electron chi connectivity index (χ2n) is 4.19. The van der Waals surface area contributed by atoms with Gasteiger partial charge in [-0.25, -0.2) is 4.39 Å². The highest BCUT2D eigenvalue weighted by atomic mass is 19.1. The molecule has 0 aliphatic carbocycles. The lowest BCUT2D eigenvalue weighted by Crippen LogP contribution is -2.31. The Kier molecular flexibility index (Phi) is 3.28. The molecule has 2 N–H and O–H groups in total. The lowest BCUT2D eigenvalue weighted by molar-refractivity contribution is -0.143. The molecule has 1 heterocycles. The van der Waals surface area contributed by atoms with Gasteiger partial charge >= 0.3 is 5.97 Å². The standard InChI is InChI=1S/C12H14FNO3/c13-9-7-8(3-4-10(9)15)11(12(16)17)14-5-1-2-6-14/h3-4,7,11,15H,1-2,5-6H2,(H,16,17). The summed E-state index contributed by atoms with van der Waals surface area (Å²) in [5.41, 5.74) is 0.370. The SMILES string of the molecule is O=C(O)C(c1ccc(O)c(F)c1)N1CCCC1. The molecule has 1 unspecified atom stereocenters. The summed E-state index contributed by atoms with van der Waals surface area (Å²) in [6.07, 6.45) is 1.93. The molecule has 1 aromatic rings. The van der Waals surface area contributed by atoms with Gasteiger partial charge in [-0.15, -0.1) is 0 Å². The Morgan fingerprint density at radius 1 is 1.35 bits per heavy atom. The zero-order chi connectivity index (χ0) is 12.4. The summed E-state index contributed by atoms with van der Waals surface area (Å²) in [6, 6.07) is 2.91. The number of phenols is 1. The van der Waals surface area contributed by atoms with E-state index >= 15 is 0 Å². The summed E-state index contributed by atoms with van der Waals surface area (Å²) in [6.45, 7) is 1.42. The summed E-state index contributed by atoms with van der Waals surface area (Å²) in [5.74, 6) is -2.23. The first-order valence-corrected chi connectivity index (χ1v) is 5.55. The summed E-state index contributed by atoms with van der Waals surface area (Å²) in [5, 5.41) is 18.3. The molecule has 92 valence electrons. The van der Waals surface area contributed by atoms with Gasteiger partial charge in [-0.3, -0.25) is 9.69 Å². The van der Waals surface area contributed by atoms with Crippen LogP contribution in [0.5, 0.6) is 5.75 Å². The van der Waals surface area contributed by atoms with Crippen molar-refractivity contribution in [2.24, 2.45) is 0 Å². The molecule has 1 aliphatic rings. The molecular formula is C12H14FNO3. The lowest BCUT2D eigenvalue weighted by atomic mass is 10.1. The Bertz CT molecular complexity index is 430. The second kappa shape index (κ2) is 4.71. The monoisotopic (exact) mass is 239 g/mol. The third kappa shape index (κ3) is 2.39. The van der Waals surface area contributed by atoms with Crippen molar-refractivity contribution in [3.63, 3.8) is 0 Å². The van der Waals surface area contributed by atoms with Gasteiger partial charge in [0.15, 0.2) is 11.6 Å². The number of likely N-dealkylation sites (tertiary alicyclic amines) is 1. The van der Waals surface area contributed by atoms with Crippen LogP contribution in [0.25, 0.3) is 0 Å². The van der Waals surface area contributed by atoms with Crippen molar-refractivity contribution < 1.29 is 19.4 Å². The van der Waals surface area contributed by atoms with Crippen LogP contribution in [0.3, 0.4) is 0 Å². The van der Waals surface area contributed by atoms with E-state index in [1.54, 1.807) is 0 Å². The molecule has 1 aliphatic heterocycles. The van der Waals surface area contributed by atoms with Crippen molar-refractivity contribution in [1.82, 2.24) is 4.90 Å². The van der Waals surface area contributed by atoms with Crippen molar-refractivity contribution in [2.45, 2.75) is 18.9 Å². The molecule has 17 heavy (non-hydrogen) atoms. The van der Waals surface area contributed by atoms with Crippen LogP contribution in [-0.2, 0) is 4.79 Å². The summed E-state index contributed by atoms with van der Waals surface area (Å²) in [7, 11) is 0. The minimum Gasteiger partial charge on any atom is -0.505 e. The van der Waals surface area contributed by atoms with Crippen molar-refractivity contribution in [2.75, 3.05) is 13.1 Å². The number of aliphatic carboxylic acids is 1. The van der Waals surface area contributed by atoms with E-state index in [4.69, 9.17) is 5.11 Å². The van der Waals surface area contributed by atoms with Crippen molar-refractivity contribution in [1.29, 1.82) is 0 Å². The number of benzene rings is 1. The van der Waals surface area contributed by atoms with Crippen LogP contribution in [0.15, 0.2) is 18.2 Å². The zero-order valence-electron chi connectivity index (χ0n) is 9.27. The van der Waals surface area contributed by atoms with E-state index < -0.39 is 23.6 Å². The van der Waals surface area contributed by atoms with Gasteiger partial charge in [0.05, 0.1) is 0 Å². The van der Waals surface area contributed by atoms with Gasteiger partial charge in [0.2, 0.25) is 0 Å². The normalized spacial score (nSPS) is 18.2. The molecule has 5 heteroatoms. The van der Waals surface area contributed by atoms with Crippen molar-refractivity contribution in [3.8, 4) is 5.75 Å². The van der Waals surface area contributed by atoms with Crippen molar-refractivity contribution in [3.05, 3.63) is 29.6 Å². The number of carboxylic acids is 1. The van der Waals surface area contributed by atoms with Crippen molar-refractivity contribution >= 4 is 5.97 Å². The van der Waals surface area contributed by atoms with Gasteiger partial charge in [0.1, 0.15) is 6.04 Å². The van der Waals surface area contributed by atoms with E-state index in [9.17, 15) is 14.3 Å². The number of carboxylic acid groups (broad SMARTS) is 1. The van der Waals surface area contributed by atoms with E-state index in [1.165, 1.54) is 12.1 Å². The average Bonchev–Trinajstić information content (AvgIpc) is 2.76. The molecule has 2 rings (SSSR count). The third-order valence-corrected chi connectivity index (χ3v) is 3.03. The first kappa shape index (κ1) is 11.9. The summed E-state index contributed by atoms with van der Waals surface area (Å²) < 4.78 is 13.2. The summed E-state index contributed by atoms with van der Waals surface area (Å²) >= 11 is 0. The maximum Gasteiger partial charge on any atom is 0.325 e. The number of aromatic hydroxyl groups is 1. The highest BCUT2D eigenvalue weighted by Crippen LogP contribution is 2.28. The van der Waals surface area contributed by atoms with E-state index in [-0.39, 0.29) is 0 Å². The van der Waals surface area contributed by atoms with Gasteiger partial charge in [-0.2, -0.15) is 0 Å². The van der Waals surface area contributed by atoms with E-state index in [0.717, 1.165) is 18.9 Å². The molecule has 1 saturated heterocycles. The molecule has 0 radical (unpaired) electrons. The lowest BCUT2D eigenvalue weighted by Gasteiger charge is -2.24. The fourth-order valence-corrected chi connectivity index (χ4v) is 2.20. The minimum atomic E-state index is -0.989. The fraction of sp³-hybridized carbons (Fsp3) is 0.417. The Labute approximate surface area is 98.3 Å². The van der Waals surface area contributed by atoms with Gasteiger partial charge in [0.25, 0.3) is 0 Å². The molecule has 1 fully saturated rings. The topological polar surface area (TPSA) is 60.8 Å². The van der Waals surface area contributed by atoms with E-state index in [0.29, 0.717) is 18.7 Å². The van der Waals surface area contributed by atoms with Crippen LogP contribution in [0, 0.1) is 5.82 Å². The van der Waals surface area contributed by atoms with Gasteiger partial charge in [-0.1, -0.05) is 6.07 Å². The number of carbonyl (C=O) groups is 1. The smallest absolute Gasteiger partial charge is 0.325 e. The maximum absolute atomic E-state index is 13.2. The minimum absolute atomic E-state index is 0.370. The number of phenolic OH excluding ortho intramolecular Hbond substituents is 1. The number of halogens is 1. The highest BCUT2D eigenvalue weighted by Gasteiger charge is 2.29. The van der Waals surface area contributed by atoms with Gasteiger partial charge in [0, 0.05) is 0 Å².